The van der Waals surface area contributed by atoms with Crippen LogP contribution in [0.1, 0.15) is 16.1 Å². The third kappa shape index (κ3) is 4.23. The predicted octanol–water partition coefficient (Wildman–Crippen LogP) is 1.92. The van der Waals surface area contributed by atoms with E-state index in [-0.39, 0.29) is 5.76 Å². The molecule has 5 nitrogen and oxygen atoms in total. The van der Waals surface area contributed by atoms with E-state index in [1.54, 1.807) is 13.0 Å². The zero-order chi connectivity index (χ0) is 16.3. The van der Waals surface area contributed by atoms with Gasteiger partial charge in [-0.25, -0.2) is 0 Å². The number of carbonyl (C=O) groups is 1. The molecule has 1 unspecified atom stereocenters. The van der Waals surface area contributed by atoms with Gasteiger partial charge in [-0.2, -0.15) is 13.2 Å². The molecule has 0 bridgehead atoms. The number of halogens is 4. The highest BCUT2D eigenvalue weighted by Crippen LogP contribution is 2.25. The summed E-state index contributed by atoms with van der Waals surface area (Å²) >= 11 is 3.08. The summed E-state index contributed by atoms with van der Waals surface area (Å²) in [5.74, 6) is -0.624. The molecule has 124 valence electrons. The molecule has 1 fully saturated rings. The Kier molecular flexibility index (Phi) is 5.51. The second kappa shape index (κ2) is 7.01. The van der Waals surface area contributed by atoms with Crippen LogP contribution < -0.4 is 10.6 Å². The third-order valence-electron chi connectivity index (χ3n) is 3.52. The van der Waals surface area contributed by atoms with Crippen LogP contribution >= 0.6 is 15.9 Å². The number of carbonyl (C=O) groups excluding carboxylic acids is 1. The zero-order valence-electron chi connectivity index (χ0n) is 12.0. The predicted molar refractivity (Wildman–Crippen MR) is 77.8 cm³/mol. The van der Waals surface area contributed by atoms with E-state index < -0.39 is 24.7 Å². The minimum atomic E-state index is -4.40. The van der Waals surface area contributed by atoms with Gasteiger partial charge in [-0.05, 0) is 28.9 Å². The minimum Gasteiger partial charge on any atom is -0.444 e. The molecule has 0 aliphatic carbocycles. The first-order valence-electron chi connectivity index (χ1n) is 6.84. The lowest BCUT2D eigenvalue weighted by molar-refractivity contribution is -0.183. The van der Waals surface area contributed by atoms with Crippen molar-refractivity contribution in [2.45, 2.75) is 19.1 Å². The molecule has 2 heterocycles. The van der Waals surface area contributed by atoms with Crippen LogP contribution in [0.2, 0.25) is 0 Å². The van der Waals surface area contributed by atoms with Gasteiger partial charge in [-0.1, -0.05) is 0 Å². The highest BCUT2D eigenvalue weighted by Gasteiger charge is 2.44. The maximum atomic E-state index is 13.2. The van der Waals surface area contributed by atoms with E-state index in [0.29, 0.717) is 36.4 Å². The summed E-state index contributed by atoms with van der Waals surface area (Å²) in [5.41, 5.74) is 0.565. The molecule has 1 aromatic heterocycles. The van der Waals surface area contributed by atoms with Crippen molar-refractivity contribution < 1.29 is 22.4 Å². The van der Waals surface area contributed by atoms with Crippen molar-refractivity contribution in [3.8, 4) is 0 Å². The Morgan fingerprint density at radius 1 is 1.50 bits per heavy atom. The number of nitrogens with one attached hydrogen (secondary N) is 2. The van der Waals surface area contributed by atoms with Crippen LogP contribution in [0.3, 0.4) is 0 Å². The number of nitrogens with zero attached hydrogens (tertiary/aromatic N) is 1. The van der Waals surface area contributed by atoms with E-state index in [0.717, 1.165) is 0 Å². The number of hydrogen-bond acceptors (Lipinski definition) is 4. The number of piperazine rings is 1. The first kappa shape index (κ1) is 17.3. The highest BCUT2D eigenvalue weighted by atomic mass is 79.9. The van der Waals surface area contributed by atoms with Crippen LogP contribution in [0.25, 0.3) is 0 Å². The van der Waals surface area contributed by atoms with Gasteiger partial charge in [0, 0.05) is 38.3 Å². The minimum absolute atomic E-state index is 0.0214. The number of amides is 1. The van der Waals surface area contributed by atoms with E-state index >= 15 is 0 Å². The number of rotatable bonds is 4. The largest absolute Gasteiger partial charge is 0.444 e. The summed E-state index contributed by atoms with van der Waals surface area (Å²) in [6.45, 7) is 2.76. The van der Waals surface area contributed by atoms with Gasteiger partial charge in [-0.15, -0.1) is 0 Å². The molecule has 0 aromatic carbocycles. The Morgan fingerprint density at radius 2 is 2.14 bits per heavy atom. The Bertz CT molecular complexity index is 527. The summed E-state index contributed by atoms with van der Waals surface area (Å²) in [6, 6.07) is -0.107. The van der Waals surface area contributed by atoms with Crippen LogP contribution in [0.4, 0.5) is 13.2 Å². The second-order valence-corrected chi connectivity index (χ2v) is 5.90. The quantitative estimate of drug-likeness (QED) is 0.833. The van der Waals surface area contributed by atoms with Gasteiger partial charge < -0.3 is 15.1 Å². The number of alkyl halides is 3. The van der Waals surface area contributed by atoms with Crippen molar-refractivity contribution in [1.29, 1.82) is 0 Å². The van der Waals surface area contributed by atoms with E-state index in [1.807, 2.05) is 0 Å². The fourth-order valence-electron chi connectivity index (χ4n) is 2.38. The molecule has 1 saturated heterocycles. The van der Waals surface area contributed by atoms with Gasteiger partial charge in [0.15, 0.2) is 10.4 Å². The van der Waals surface area contributed by atoms with E-state index in [4.69, 9.17) is 4.42 Å². The van der Waals surface area contributed by atoms with Crippen molar-refractivity contribution in [2.75, 3.05) is 32.7 Å². The van der Waals surface area contributed by atoms with Gasteiger partial charge in [0.05, 0.1) is 0 Å². The van der Waals surface area contributed by atoms with Gasteiger partial charge >= 0.3 is 6.18 Å². The van der Waals surface area contributed by atoms with E-state index in [9.17, 15) is 18.0 Å². The van der Waals surface area contributed by atoms with Crippen LogP contribution in [-0.2, 0) is 0 Å². The first-order chi connectivity index (χ1) is 10.3. The molecule has 1 aromatic rings. The molecule has 0 radical (unpaired) electrons. The molecule has 0 saturated carbocycles. The fraction of sp³-hybridized carbons (Fsp3) is 0.615. The second-order valence-electron chi connectivity index (χ2n) is 5.12. The molecule has 1 aliphatic heterocycles. The van der Waals surface area contributed by atoms with Crippen LogP contribution in [0.5, 0.6) is 0 Å². The molecule has 1 aliphatic rings. The van der Waals surface area contributed by atoms with E-state index in [2.05, 4.69) is 26.6 Å². The Labute approximate surface area is 134 Å². The Balaban J connectivity index is 2.01. The van der Waals surface area contributed by atoms with Gasteiger partial charge in [0.2, 0.25) is 0 Å². The summed E-state index contributed by atoms with van der Waals surface area (Å²) in [5, 5.41) is 5.33. The number of hydrogen-bond donors (Lipinski definition) is 2. The molecule has 1 amide bonds. The Hall–Kier alpha value is -1.06. The van der Waals surface area contributed by atoms with Crippen molar-refractivity contribution in [3.05, 3.63) is 22.1 Å². The average molecular weight is 384 g/mol. The van der Waals surface area contributed by atoms with Gasteiger partial charge in [0.25, 0.3) is 5.91 Å². The molecule has 22 heavy (non-hydrogen) atoms. The zero-order valence-corrected chi connectivity index (χ0v) is 13.6. The monoisotopic (exact) mass is 383 g/mol. The van der Waals surface area contributed by atoms with Crippen molar-refractivity contribution in [2.24, 2.45) is 0 Å². The molecule has 2 N–H and O–H groups in total. The lowest BCUT2D eigenvalue weighted by Crippen LogP contribution is -2.57. The van der Waals surface area contributed by atoms with Gasteiger partial charge in [0.1, 0.15) is 6.04 Å². The van der Waals surface area contributed by atoms with E-state index in [1.165, 1.54) is 4.90 Å². The van der Waals surface area contributed by atoms with Crippen molar-refractivity contribution in [1.82, 2.24) is 15.5 Å². The smallest absolute Gasteiger partial charge is 0.405 e. The molecule has 2 rings (SSSR count). The van der Waals surface area contributed by atoms with Crippen LogP contribution in [0.15, 0.2) is 15.2 Å². The Morgan fingerprint density at radius 3 is 2.64 bits per heavy atom. The highest BCUT2D eigenvalue weighted by molar-refractivity contribution is 9.10. The molecule has 9 heteroatoms. The molecular formula is C13H17BrF3N3O2. The normalized spacial score (nSPS) is 18.2. The lowest BCUT2D eigenvalue weighted by atomic mass is 10.2. The van der Waals surface area contributed by atoms with Crippen LogP contribution in [-0.4, -0.2) is 55.7 Å². The van der Waals surface area contributed by atoms with Crippen LogP contribution in [0, 0.1) is 6.92 Å². The fourth-order valence-corrected chi connectivity index (χ4v) is 2.89. The number of furan rings is 1. The topological polar surface area (TPSA) is 57.5 Å². The first-order valence-corrected chi connectivity index (χ1v) is 7.64. The van der Waals surface area contributed by atoms with Crippen molar-refractivity contribution in [3.63, 3.8) is 0 Å². The SMILES string of the molecule is Cc1cc(Br)oc1C(=O)NCC(N1CCNCC1)C(F)(F)F. The van der Waals surface area contributed by atoms with Gasteiger partial charge in [-0.3, -0.25) is 9.69 Å². The lowest BCUT2D eigenvalue weighted by Gasteiger charge is -2.35. The maximum absolute atomic E-state index is 13.2. The maximum Gasteiger partial charge on any atom is 0.405 e. The van der Waals surface area contributed by atoms with Crippen molar-refractivity contribution >= 4 is 21.8 Å². The number of aryl methyl sites for hydroxylation is 1. The third-order valence-corrected chi connectivity index (χ3v) is 3.91. The summed E-state index contributed by atoms with van der Waals surface area (Å²) < 4.78 is 45.1. The molecule has 1 atom stereocenters. The standard InChI is InChI=1S/C13H17BrF3N3O2/c1-8-6-10(14)22-11(8)12(21)19-7-9(13(15,16)17)20-4-2-18-3-5-20/h6,9,18H,2-5,7H2,1H3,(H,19,21). The average Bonchev–Trinajstić information content (AvgIpc) is 2.77. The summed E-state index contributed by atoms with van der Waals surface area (Å²) in [4.78, 5) is 13.3. The molecular weight excluding hydrogens is 367 g/mol. The summed E-state index contributed by atoms with van der Waals surface area (Å²) in [7, 11) is 0. The summed E-state index contributed by atoms with van der Waals surface area (Å²) in [6.07, 6.45) is -4.40. The molecule has 0 spiro atoms.